The van der Waals surface area contributed by atoms with Gasteiger partial charge >= 0.3 is 0 Å². The van der Waals surface area contributed by atoms with Crippen LogP contribution < -0.4 is 14.4 Å². The molecule has 4 rings (SSSR count). The van der Waals surface area contributed by atoms with Gasteiger partial charge in [0.05, 0.1) is 17.2 Å². The number of rotatable bonds is 13. The molecule has 1 unspecified atom stereocenters. The molecule has 3 aromatic rings. The number of amides is 2. The summed E-state index contributed by atoms with van der Waals surface area (Å²) in [7, 11) is -4.13. The van der Waals surface area contributed by atoms with E-state index in [-0.39, 0.29) is 23.4 Å². The largest absolute Gasteiger partial charge is 0.494 e. The Morgan fingerprint density at radius 1 is 0.952 bits per heavy atom. The summed E-state index contributed by atoms with van der Waals surface area (Å²) in [6.45, 7) is 3.80. The molecule has 2 amide bonds. The van der Waals surface area contributed by atoms with Crippen LogP contribution in [0.2, 0.25) is 5.02 Å². The van der Waals surface area contributed by atoms with Crippen molar-refractivity contribution >= 4 is 39.1 Å². The van der Waals surface area contributed by atoms with Gasteiger partial charge in [-0.1, -0.05) is 61.7 Å². The first kappa shape index (κ1) is 31.4. The number of ether oxygens (including phenoxy) is 1. The van der Waals surface area contributed by atoms with Gasteiger partial charge in [0.25, 0.3) is 10.0 Å². The van der Waals surface area contributed by atoms with Crippen molar-refractivity contribution in [2.24, 2.45) is 0 Å². The molecule has 224 valence electrons. The number of nitrogens with one attached hydrogen (secondary N) is 1. The van der Waals surface area contributed by atoms with Crippen molar-refractivity contribution in [2.45, 2.75) is 69.5 Å². The topological polar surface area (TPSA) is 96.0 Å². The summed E-state index contributed by atoms with van der Waals surface area (Å²) in [4.78, 5) is 29.2. The fraction of sp³-hybridized carbons (Fsp3) is 0.375. The van der Waals surface area contributed by atoms with Gasteiger partial charge in [0.15, 0.2) is 0 Å². The molecule has 0 aromatic heterocycles. The zero-order chi connectivity index (χ0) is 30.1. The van der Waals surface area contributed by atoms with E-state index >= 15 is 0 Å². The van der Waals surface area contributed by atoms with Crippen molar-refractivity contribution < 1.29 is 22.7 Å². The summed E-state index contributed by atoms with van der Waals surface area (Å²) in [5, 5.41) is 3.67. The van der Waals surface area contributed by atoms with Crippen LogP contribution in [-0.2, 0) is 26.2 Å². The predicted octanol–water partition coefficient (Wildman–Crippen LogP) is 5.80. The van der Waals surface area contributed by atoms with E-state index < -0.39 is 28.5 Å². The number of carbonyl (C=O) groups excluding carboxylic acids is 2. The SMILES string of the molecule is CCOc1ccc(N(CC(=O)N(Cc2ccc(Cl)cc2)C(CC)C(=O)NC2CCCC2)S(=O)(=O)c2ccccc2)cc1. The van der Waals surface area contributed by atoms with Crippen LogP contribution in [0.5, 0.6) is 5.75 Å². The van der Waals surface area contributed by atoms with Crippen molar-refractivity contribution in [1.29, 1.82) is 0 Å². The highest BCUT2D eigenvalue weighted by atomic mass is 35.5. The number of nitrogens with zero attached hydrogens (tertiary/aromatic N) is 2. The Labute approximate surface area is 253 Å². The normalized spacial score (nSPS) is 14.3. The van der Waals surface area contributed by atoms with Gasteiger partial charge in [0.1, 0.15) is 18.3 Å². The second-order valence-corrected chi connectivity index (χ2v) is 12.6. The number of carbonyl (C=O) groups is 2. The molecular formula is C32H38ClN3O5S. The highest BCUT2D eigenvalue weighted by molar-refractivity contribution is 7.92. The lowest BCUT2D eigenvalue weighted by Crippen LogP contribution is -2.53. The van der Waals surface area contributed by atoms with Crippen molar-refractivity contribution in [3.63, 3.8) is 0 Å². The van der Waals surface area contributed by atoms with E-state index in [1.54, 1.807) is 66.7 Å². The zero-order valence-electron chi connectivity index (χ0n) is 24.0. The molecule has 0 spiro atoms. The number of sulfonamides is 1. The second-order valence-electron chi connectivity index (χ2n) is 10.3. The first-order valence-electron chi connectivity index (χ1n) is 14.4. The number of anilines is 1. The molecule has 1 saturated carbocycles. The lowest BCUT2D eigenvalue weighted by Gasteiger charge is -2.33. The Kier molecular flexibility index (Phi) is 10.9. The summed E-state index contributed by atoms with van der Waals surface area (Å²) in [5.74, 6) is -0.138. The fourth-order valence-corrected chi connectivity index (χ4v) is 6.76. The van der Waals surface area contributed by atoms with E-state index in [1.807, 2.05) is 13.8 Å². The summed E-state index contributed by atoms with van der Waals surface area (Å²) in [6.07, 6.45) is 4.31. The van der Waals surface area contributed by atoms with Gasteiger partial charge in [0, 0.05) is 17.6 Å². The lowest BCUT2D eigenvalue weighted by molar-refractivity contribution is -0.140. The molecule has 0 radical (unpaired) electrons. The Hall–Kier alpha value is -3.56. The van der Waals surface area contributed by atoms with E-state index in [4.69, 9.17) is 16.3 Å². The molecule has 1 atom stereocenters. The summed E-state index contributed by atoms with van der Waals surface area (Å²) >= 11 is 6.10. The zero-order valence-corrected chi connectivity index (χ0v) is 25.6. The first-order valence-corrected chi connectivity index (χ1v) is 16.2. The number of hydrogen-bond acceptors (Lipinski definition) is 5. The Morgan fingerprint density at radius 3 is 2.19 bits per heavy atom. The number of halogens is 1. The van der Waals surface area contributed by atoms with Crippen LogP contribution in [0.3, 0.4) is 0 Å². The van der Waals surface area contributed by atoms with Gasteiger partial charge in [-0.3, -0.25) is 13.9 Å². The highest BCUT2D eigenvalue weighted by Crippen LogP contribution is 2.27. The van der Waals surface area contributed by atoms with Crippen molar-refractivity contribution in [2.75, 3.05) is 17.5 Å². The van der Waals surface area contributed by atoms with Gasteiger partial charge in [-0.25, -0.2) is 8.42 Å². The third-order valence-corrected chi connectivity index (χ3v) is 9.44. The maximum absolute atomic E-state index is 14.2. The van der Waals surface area contributed by atoms with E-state index in [1.165, 1.54) is 17.0 Å². The molecule has 10 heteroatoms. The van der Waals surface area contributed by atoms with E-state index in [0.717, 1.165) is 35.6 Å². The predicted molar refractivity (Wildman–Crippen MR) is 165 cm³/mol. The third-order valence-electron chi connectivity index (χ3n) is 7.40. The minimum atomic E-state index is -4.13. The molecule has 8 nitrogen and oxygen atoms in total. The first-order chi connectivity index (χ1) is 20.2. The number of benzene rings is 3. The van der Waals surface area contributed by atoms with Crippen LogP contribution in [0.25, 0.3) is 0 Å². The van der Waals surface area contributed by atoms with E-state index in [0.29, 0.717) is 29.5 Å². The van der Waals surface area contributed by atoms with Crippen molar-refractivity contribution in [3.05, 3.63) is 89.4 Å². The van der Waals surface area contributed by atoms with E-state index in [9.17, 15) is 18.0 Å². The molecular weight excluding hydrogens is 574 g/mol. The molecule has 0 bridgehead atoms. The molecule has 0 heterocycles. The standard InChI is InChI=1S/C32H38ClN3O5S/c1-3-30(32(38)34-26-10-8-9-11-26)35(22-24-14-16-25(33)17-15-24)31(37)23-36(27-18-20-28(21-19-27)41-4-2)42(39,40)29-12-6-5-7-13-29/h5-7,12-21,26,30H,3-4,8-11,22-23H2,1-2H3,(H,34,38). The molecule has 1 aliphatic rings. The number of hydrogen-bond donors (Lipinski definition) is 1. The van der Waals surface area contributed by atoms with E-state index in [2.05, 4.69) is 5.32 Å². The minimum Gasteiger partial charge on any atom is -0.494 e. The average molecular weight is 612 g/mol. The molecule has 0 saturated heterocycles. The Bertz CT molecular complexity index is 1430. The van der Waals surface area contributed by atoms with Crippen molar-refractivity contribution in [3.8, 4) is 5.75 Å². The monoisotopic (exact) mass is 611 g/mol. The van der Waals surface area contributed by atoms with Gasteiger partial charge < -0.3 is 15.0 Å². The molecule has 1 N–H and O–H groups in total. The molecule has 1 aliphatic carbocycles. The summed E-state index contributed by atoms with van der Waals surface area (Å²) in [6, 6.07) is 20.9. The van der Waals surface area contributed by atoms with Crippen LogP contribution in [0, 0.1) is 0 Å². The lowest BCUT2D eigenvalue weighted by atomic mass is 10.1. The Balaban J connectivity index is 1.70. The van der Waals surface area contributed by atoms with Crippen LogP contribution in [-0.4, -0.2) is 50.4 Å². The molecule has 0 aliphatic heterocycles. The maximum atomic E-state index is 14.2. The Morgan fingerprint density at radius 2 is 1.60 bits per heavy atom. The summed E-state index contributed by atoms with van der Waals surface area (Å²) in [5.41, 5.74) is 1.09. The third kappa shape index (κ3) is 7.83. The second kappa shape index (κ2) is 14.6. The highest BCUT2D eigenvalue weighted by Gasteiger charge is 2.34. The smallest absolute Gasteiger partial charge is 0.264 e. The maximum Gasteiger partial charge on any atom is 0.264 e. The van der Waals surface area contributed by atoms with Gasteiger partial charge in [-0.2, -0.15) is 0 Å². The van der Waals surface area contributed by atoms with Crippen molar-refractivity contribution in [1.82, 2.24) is 10.2 Å². The minimum absolute atomic E-state index is 0.0574. The van der Waals surface area contributed by atoms with Gasteiger partial charge in [0.2, 0.25) is 11.8 Å². The molecule has 42 heavy (non-hydrogen) atoms. The van der Waals surface area contributed by atoms with Crippen LogP contribution in [0.1, 0.15) is 51.5 Å². The van der Waals surface area contributed by atoms with Crippen LogP contribution in [0.15, 0.2) is 83.8 Å². The van der Waals surface area contributed by atoms with Crippen LogP contribution >= 0.6 is 11.6 Å². The van der Waals surface area contributed by atoms with Gasteiger partial charge in [-0.15, -0.1) is 0 Å². The molecule has 3 aromatic carbocycles. The molecule has 1 fully saturated rings. The van der Waals surface area contributed by atoms with Crippen LogP contribution in [0.4, 0.5) is 5.69 Å². The summed E-state index contributed by atoms with van der Waals surface area (Å²) < 4.78 is 34.5. The fourth-order valence-electron chi connectivity index (χ4n) is 5.20. The quantitative estimate of drug-likeness (QED) is 0.264. The average Bonchev–Trinajstić information content (AvgIpc) is 3.51. The van der Waals surface area contributed by atoms with Gasteiger partial charge in [-0.05, 0) is 80.3 Å².